The normalized spacial score (nSPS) is 17.7. The smallest absolute Gasteiger partial charge is 0.276 e. The van der Waals surface area contributed by atoms with Crippen molar-refractivity contribution in [3.63, 3.8) is 0 Å². The summed E-state index contributed by atoms with van der Waals surface area (Å²) < 4.78 is 5.26. The number of carbonyl (C=O) groups is 1. The van der Waals surface area contributed by atoms with Gasteiger partial charge in [0.25, 0.3) is 5.91 Å². The molecule has 4 rings (SSSR count). The van der Waals surface area contributed by atoms with E-state index < -0.39 is 0 Å². The molecule has 0 spiro atoms. The first-order valence-corrected chi connectivity index (χ1v) is 7.47. The molecule has 1 aliphatic heterocycles. The lowest BCUT2D eigenvalue weighted by atomic mass is 10.1. The van der Waals surface area contributed by atoms with Gasteiger partial charge in [-0.2, -0.15) is 0 Å². The number of pyridine rings is 1. The van der Waals surface area contributed by atoms with Gasteiger partial charge in [0.05, 0.1) is 5.02 Å². The maximum atomic E-state index is 12.5. The van der Waals surface area contributed by atoms with Crippen LogP contribution in [0.5, 0.6) is 0 Å². The second kappa shape index (κ2) is 4.84. The van der Waals surface area contributed by atoms with E-state index in [2.05, 4.69) is 10.1 Å². The van der Waals surface area contributed by atoms with E-state index in [0.29, 0.717) is 29.7 Å². The molecular formula is C15H14ClN3O2. The molecule has 0 bridgehead atoms. The van der Waals surface area contributed by atoms with Crippen LogP contribution in [0.3, 0.4) is 0 Å². The summed E-state index contributed by atoms with van der Waals surface area (Å²) in [5.41, 5.74) is 2.42. The van der Waals surface area contributed by atoms with Crippen molar-refractivity contribution < 1.29 is 9.32 Å². The molecule has 1 aliphatic carbocycles. The fourth-order valence-corrected chi connectivity index (χ4v) is 2.86. The second-order valence-corrected chi connectivity index (χ2v) is 6.06. The van der Waals surface area contributed by atoms with Crippen molar-refractivity contribution in [3.8, 4) is 0 Å². The zero-order valence-corrected chi connectivity index (χ0v) is 12.1. The van der Waals surface area contributed by atoms with Gasteiger partial charge in [0, 0.05) is 43.4 Å². The lowest BCUT2D eigenvalue weighted by Crippen LogP contribution is -2.36. The quantitative estimate of drug-likeness (QED) is 0.856. The molecule has 0 N–H and O–H groups in total. The molecule has 6 heteroatoms. The minimum absolute atomic E-state index is 0.0868. The molecule has 0 unspecified atom stereocenters. The fraction of sp³-hybridized carbons (Fsp3) is 0.400. The van der Waals surface area contributed by atoms with Gasteiger partial charge in [-0.3, -0.25) is 9.78 Å². The van der Waals surface area contributed by atoms with Gasteiger partial charge in [-0.1, -0.05) is 16.8 Å². The van der Waals surface area contributed by atoms with E-state index >= 15 is 0 Å². The summed E-state index contributed by atoms with van der Waals surface area (Å²) >= 11 is 5.97. The summed E-state index contributed by atoms with van der Waals surface area (Å²) in [6, 6.07) is 3.66. The molecule has 108 valence electrons. The average molecular weight is 304 g/mol. The first-order valence-electron chi connectivity index (χ1n) is 7.10. The highest BCUT2D eigenvalue weighted by Gasteiger charge is 2.30. The fourth-order valence-electron chi connectivity index (χ4n) is 2.68. The summed E-state index contributed by atoms with van der Waals surface area (Å²) in [6.45, 7) is 1.17. The number of amides is 1. The molecule has 2 aromatic heterocycles. The zero-order chi connectivity index (χ0) is 14.4. The van der Waals surface area contributed by atoms with Crippen molar-refractivity contribution in [3.05, 3.63) is 46.1 Å². The van der Waals surface area contributed by atoms with Crippen molar-refractivity contribution >= 4 is 17.5 Å². The van der Waals surface area contributed by atoms with Crippen molar-refractivity contribution in [2.45, 2.75) is 31.7 Å². The SMILES string of the molecule is O=C(c1cc(C2CC2)on1)N1CCc2ncc(Cl)cc2C1. The van der Waals surface area contributed by atoms with Gasteiger partial charge in [-0.15, -0.1) is 0 Å². The van der Waals surface area contributed by atoms with E-state index in [1.807, 2.05) is 6.07 Å². The third-order valence-corrected chi connectivity index (χ3v) is 4.23. The van der Waals surface area contributed by atoms with Crippen LogP contribution in [0.2, 0.25) is 5.02 Å². The monoisotopic (exact) mass is 303 g/mol. The number of hydrogen-bond donors (Lipinski definition) is 0. The first kappa shape index (κ1) is 12.8. The van der Waals surface area contributed by atoms with Crippen molar-refractivity contribution in [2.24, 2.45) is 0 Å². The molecule has 0 saturated heterocycles. The highest BCUT2D eigenvalue weighted by atomic mass is 35.5. The Balaban J connectivity index is 1.54. The number of carbonyl (C=O) groups excluding carboxylic acids is 1. The van der Waals surface area contributed by atoms with E-state index in [0.717, 1.165) is 36.3 Å². The molecule has 1 amide bonds. The molecule has 21 heavy (non-hydrogen) atoms. The van der Waals surface area contributed by atoms with Crippen molar-refractivity contribution in [1.82, 2.24) is 15.0 Å². The maximum Gasteiger partial charge on any atom is 0.276 e. The summed E-state index contributed by atoms with van der Waals surface area (Å²) in [6.07, 6.45) is 4.65. The van der Waals surface area contributed by atoms with Crippen LogP contribution in [-0.2, 0) is 13.0 Å². The van der Waals surface area contributed by atoms with Crippen LogP contribution in [0.4, 0.5) is 0 Å². The standard InChI is InChI=1S/C15H14ClN3O2/c16-11-5-10-8-19(4-3-12(10)17-7-11)15(20)13-6-14(21-18-13)9-1-2-9/h5-7,9H,1-4,8H2. The van der Waals surface area contributed by atoms with E-state index in [1.165, 1.54) is 0 Å². The molecule has 3 heterocycles. The topological polar surface area (TPSA) is 59.2 Å². The molecule has 0 radical (unpaired) electrons. The summed E-state index contributed by atoms with van der Waals surface area (Å²) in [4.78, 5) is 18.6. The van der Waals surface area contributed by atoms with Crippen LogP contribution in [0.25, 0.3) is 0 Å². The van der Waals surface area contributed by atoms with Gasteiger partial charge in [0.1, 0.15) is 5.76 Å². The van der Waals surface area contributed by atoms with E-state index in [9.17, 15) is 4.79 Å². The Morgan fingerprint density at radius 2 is 2.24 bits per heavy atom. The summed E-state index contributed by atoms with van der Waals surface area (Å²) in [5.74, 6) is 1.21. The average Bonchev–Trinajstić information content (AvgIpc) is 3.23. The van der Waals surface area contributed by atoms with Crippen LogP contribution in [0, 0.1) is 0 Å². The van der Waals surface area contributed by atoms with Gasteiger partial charge in [-0.25, -0.2) is 0 Å². The van der Waals surface area contributed by atoms with Gasteiger partial charge in [0.2, 0.25) is 0 Å². The molecule has 2 aliphatic rings. The molecule has 2 aromatic rings. The molecule has 0 aromatic carbocycles. The third-order valence-electron chi connectivity index (χ3n) is 4.02. The van der Waals surface area contributed by atoms with Crippen molar-refractivity contribution in [1.29, 1.82) is 0 Å². The molecule has 5 nitrogen and oxygen atoms in total. The number of rotatable bonds is 2. The minimum Gasteiger partial charge on any atom is -0.360 e. The van der Waals surface area contributed by atoms with Crippen LogP contribution >= 0.6 is 11.6 Å². The molecule has 1 saturated carbocycles. The zero-order valence-electron chi connectivity index (χ0n) is 11.4. The predicted molar refractivity (Wildman–Crippen MR) is 76.2 cm³/mol. The maximum absolute atomic E-state index is 12.5. The van der Waals surface area contributed by atoms with E-state index in [1.54, 1.807) is 17.2 Å². The lowest BCUT2D eigenvalue weighted by molar-refractivity contribution is 0.0723. The third kappa shape index (κ3) is 2.42. The molecule has 1 fully saturated rings. The van der Waals surface area contributed by atoms with Gasteiger partial charge in [0.15, 0.2) is 5.69 Å². The summed E-state index contributed by atoms with van der Waals surface area (Å²) in [7, 11) is 0. The first-order chi connectivity index (χ1) is 10.2. The highest BCUT2D eigenvalue weighted by Crippen LogP contribution is 2.40. The van der Waals surface area contributed by atoms with Crippen LogP contribution in [-0.4, -0.2) is 27.5 Å². The number of hydrogen-bond acceptors (Lipinski definition) is 4. The Kier molecular flexibility index (Phi) is 2.96. The lowest BCUT2D eigenvalue weighted by Gasteiger charge is -2.27. The van der Waals surface area contributed by atoms with E-state index in [-0.39, 0.29) is 5.91 Å². The highest BCUT2D eigenvalue weighted by molar-refractivity contribution is 6.30. The Morgan fingerprint density at radius 1 is 1.38 bits per heavy atom. The largest absolute Gasteiger partial charge is 0.360 e. The van der Waals surface area contributed by atoms with Gasteiger partial charge < -0.3 is 9.42 Å². The number of fused-ring (bicyclic) bond motifs is 1. The van der Waals surface area contributed by atoms with Crippen LogP contribution < -0.4 is 0 Å². The van der Waals surface area contributed by atoms with Gasteiger partial charge in [-0.05, 0) is 24.5 Å². The number of halogens is 1. The second-order valence-electron chi connectivity index (χ2n) is 5.62. The van der Waals surface area contributed by atoms with E-state index in [4.69, 9.17) is 16.1 Å². The Morgan fingerprint density at radius 3 is 3.05 bits per heavy atom. The summed E-state index contributed by atoms with van der Waals surface area (Å²) in [5, 5.41) is 4.52. The van der Waals surface area contributed by atoms with Crippen molar-refractivity contribution in [2.75, 3.05) is 6.54 Å². The predicted octanol–water partition coefficient (Wildman–Crippen LogP) is 2.80. The van der Waals surface area contributed by atoms with Crippen LogP contribution in [0.1, 0.15) is 46.3 Å². The number of nitrogens with zero attached hydrogens (tertiary/aromatic N) is 3. The Hall–Kier alpha value is -1.88. The molecular weight excluding hydrogens is 290 g/mol. The minimum atomic E-state index is -0.0868. The van der Waals surface area contributed by atoms with Gasteiger partial charge >= 0.3 is 0 Å². The Bertz CT molecular complexity index is 709. The van der Waals surface area contributed by atoms with Crippen LogP contribution in [0.15, 0.2) is 22.9 Å². The Labute approximate surface area is 126 Å². The number of aromatic nitrogens is 2. The molecule has 0 atom stereocenters.